The fourth-order valence-corrected chi connectivity index (χ4v) is 4.11. The molecule has 0 spiro atoms. The van der Waals surface area contributed by atoms with E-state index in [0.29, 0.717) is 42.7 Å². The number of carbonyl (C=O) groups excluding carboxylic acids is 2. The summed E-state index contributed by atoms with van der Waals surface area (Å²) in [4.78, 5) is 32.9. The first-order chi connectivity index (χ1) is 15.0. The van der Waals surface area contributed by atoms with Crippen molar-refractivity contribution in [2.45, 2.75) is 6.92 Å². The zero-order chi connectivity index (χ0) is 21.8. The number of halogens is 1. The second-order valence-electron chi connectivity index (χ2n) is 7.22. The third kappa shape index (κ3) is 5.00. The van der Waals surface area contributed by atoms with Gasteiger partial charge in [0.2, 0.25) is 0 Å². The number of aromatic nitrogens is 1. The molecule has 4 rings (SSSR count). The third-order valence-electron chi connectivity index (χ3n) is 4.98. The minimum atomic E-state index is -0.419. The van der Waals surface area contributed by atoms with Gasteiger partial charge >= 0.3 is 6.03 Å². The SMILES string of the molecule is Cc1cccc(NC(=O)Nc2nc(C(=O)N3CCN(c4ccccc4F)CC3)cs2)c1. The molecule has 0 unspecified atom stereocenters. The molecule has 2 N–H and O–H groups in total. The molecule has 3 amide bonds. The lowest BCUT2D eigenvalue weighted by Crippen LogP contribution is -2.49. The molecule has 2 aromatic carbocycles. The number of thiazole rings is 1. The second kappa shape index (κ2) is 9.13. The highest BCUT2D eigenvalue weighted by Gasteiger charge is 2.25. The molecule has 7 nitrogen and oxygen atoms in total. The van der Waals surface area contributed by atoms with Crippen LogP contribution in [-0.4, -0.2) is 48.0 Å². The van der Waals surface area contributed by atoms with Gasteiger partial charge in [0.05, 0.1) is 5.69 Å². The van der Waals surface area contributed by atoms with E-state index < -0.39 is 6.03 Å². The number of urea groups is 1. The van der Waals surface area contributed by atoms with Crippen LogP contribution in [0.25, 0.3) is 0 Å². The van der Waals surface area contributed by atoms with E-state index in [-0.39, 0.29) is 17.4 Å². The number of anilines is 3. The molecule has 1 aromatic heterocycles. The van der Waals surface area contributed by atoms with Crippen LogP contribution in [0.2, 0.25) is 0 Å². The first-order valence-electron chi connectivity index (χ1n) is 9.88. The zero-order valence-corrected chi connectivity index (χ0v) is 17.8. The van der Waals surface area contributed by atoms with Gasteiger partial charge in [-0.15, -0.1) is 11.3 Å². The molecule has 0 atom stereocenters. The van der Waals surface area contributed by atoms with Gasteiger partial charge in [0, 0.05) is 37.2 Å². The molecule has 1 aliphatic heterocycles. The molecule has 1 fully saturated rings. The van der Waals surface area contributed by atoms with Crippen molar-refractivity contribution in [2.75, 3.05) is 41.7 Å². The summed E-state index contributed by atoms with van der Waals surface area (Å²) in [6, 6.07) is 13.7. The third-order valence-corrected chi connectivity index (χ3v) is 5.74. The Morgan fingerprint density at radius 3 is 2.55 bits per heavy atom. The normalized spacial score (nSPS) is 13.7. The molecule has 9 heteroatoms. The Bertz CT molecular complexity index is 1090. The number of nitrogens with zero attached hydrogens (tertiary/aromatic N) is 3. The highest BCUT2D eigenvalue weighted by Crippen LogP contribution is 2.22. The molecule has 160 valence electrons. The number of hydrogen-bond donors (Lipinski definition) is 2. The van der Waals surface area contributed by atoms with Crippen LogP contribution < -0.4 is 15.5 Å². The van der Waals surface area contributed by atoms with Crippen LogP contribution in [0.3, 0.4) is 0 Å². The monoisotopic (exact) mass is 439 g/mol. The number of hydrogen-bond acceptors (Lipinski definition) is 5. The molecular weight excluding hydrogens is 417 g/mol. The van der Waals surface area contributed by atoms with Gasteiger partial charge in [-0.3, -0.25) is 10.1 Å². The van der Waals surface area contributed by atoms with Gasteiger partial charge in [0.15, 0.2) is 5.13 Å². The number of para-hydroxylation sites is 1. The van der Waals surface area contributed by atoms with Gasteiger partial charge in [-0.25, -0.2) is 14.2 Å². The molecule has 1 saturated heterocycles. The number of rotatable bonds is 4. The smallest absolute Gasteiger partial charge is 0.325 e. The van der Waals surface area contributed by atoms with Gasteiger partial charge in [-0.05, 0) is 36.8 Å². The highest BCUT2D eigenvalue weighted by molar-refractivity contribution is 7.14. The second-order valence-corrected chi connectivity index (χ2v) is 8.08. The van der Waals surface area contributed by atoms with Crippen LogP contribution in [0.15, 0.2) is 53.9 Å². The molecule has 1 aliphatic rings. The minimum Gasteiger partial charge on any atom is -0.366 e. The lowest BCUT2D eigenvalue weighted by molar-refractivity contribution is 0.0741. The number of amides is 3. The fraction of sp³-hybridized carbons (Fsp3) is 0.227. The van der Waals surface area contributed by atoms with Crippen LogP contribution in [-0.2, 0) is 0 Å². The van der Waals surface area contributed by atoms with Crippen LogP contribution in [0.1, 0.15) is 16.1 Å². The Morgan fingerprint density at radius 1 is 1.03 bits per heavy atom. The number of piperazine rings is 1. The molecule has 31 heavy (non-hydrogen) atoms. The summed E-state index contributed by atoms with van der Waals surface area (Å²) in [6.07, 6.45) is 0. The van der Waals surface area contributed by atoms with Crippen LogP contribution >= 0.6 is 11.3 Å². The lowest BCUT2D eigenvalue weighted by atomic mass is 10.2. The predicted octanol–water partition coefficient (Wildman–Crippen LogP) is 4.20. The fourth-order valence-electron chi connectivity index (χ4n) is 3.43. The Labute approximate surface area is 183 Å². The predicted molar refractivity (Wildman–Crippen MR) is 120 cm³/mol. The Morgan fingerprint density at radius 2 is 1.81 bits per heavy atom. The summed E-state index contributed by atoms with van der Waals surface area (Å²) in [5.74, 6) is -0.460. The maximum atomic E-state index is 14.0. The number of benzene rings is 2. The van der Waals surface area contributed by atoms with E-state index >= 15 is 0 Å². The van der Waals surface area contributed by atoms with Crippen molar-refractivity contribution >= 4 is 39.8 Å². The summed E-state index contributed by atoms with van der Waals surface area (Å²) in [5, 5.41) is 7.38. The van der Waals surface area contributed by atoms with Crippen molar-refractivity contribution in [3.8, 4) is 0 Å². The Kier molecular flexibility index (Phi) is 6.13. The van der Waals surface area contributed by atoms with E-state index in [1.165, 1.54) is 17.4 Å². The van der Waals surface area contributed by atoms with E-state index in [9.17, 15) is 14.0 Å². The van der Waals surface area contributed by atoms with Crippen LogP contribution in [0.5, 0.6) is 0 Å². The molecule has 0 aliphatic carbocycles. The summed E-state index contributed by atoms with van der Waals surface area (Å²) in [5.41, 5.74) is 2.55. The summed E-state index contributed by atoms with van der Waals surface area (Å²) in [6.45, 7) is 3.97. The van der Waals surface area contributed by atoms with E-state index in [1.807, 2.05) is 30.0 Å². The van der Waals surface area contributed by atoms with Crippen molar-refractivity contribution in [1.82, 2.24) is 9.88 Å². The Balaban J connectivity index is 1.32. The number of carbonyl (C=O) groups is 2. The quantitative estimate of drug-likeness (QED) is 0.639. The van der Waals surface area contributed by atoms with Crippen molar-refractivity contribution in [3.63, 3.8) is 0 Å². The first kappa shape index (κ1) is 20.8. The zero-order valence-electron chi connectivity index (χ0n) is 17.0. The van der Waals surface area contributed by atoms with Gasteiger partial charge in [0.25, 0.3) is 5.91 Å². The largest absolute Gasteiger partial charge is 0.366 e. The van der Waals surface area contributed by atoms with E-state index in [0.717, 1.165) is 5.56 Å². The number of nitrogens with one attached hydrogen (secondary N) is 2. The van der Waals surface area contributed by atoms with Crippen molar-refractivity contribution in [1.29, 1.82) is 0 Å². The maximum absolute atomic E-state index is 14.0. The molecule has 0 bridgehead atoms. The molecule has 0 radical (unpaired) electrons. The Hall–Kier alpha value is -3.46. The van der Waals surface area contributed by atoms with Crippen molar-refractivity contribution in [3.05, 3.63) is 71.0 Å². The van der Waals surface area contributed by atoms with E-state index in [4.69, 9.17) is 0 Å². The molecular formula is C22H22FN5O2S. The molecule has 3 aromatic rings. The minimum absolute atomic E-state index is 0.198. The average Bonchev–Trinajstić information content (AvgIpc) is 3.22. The van der Waals surface area contributed by atoms with Crippen molar-refractivity contribution < 1.29 is 14.0 Å². The van der Waals surface area contributed by atoms with Gasteiger partial charge in [-0.2, -0.15) is 0 Å². The van der Waals surface area contributed by atoms with Gasteiger partial charge in [0.1, 0.15) is 11.5 Å². The highest BCUT2D eigenvalue weighted by atomic mass is 32.1. The van der Waals surface area contributed by atoms with Crippen LogP contribution in [0, 0.1) is 12.7 Å². The summed E-state index contributed by atoms with van der Waals surface area (Å²) >= 11 is 1.19. The number of aryl methyl sites for hydroxylation is 1. The van der Waals surface area contributed by atoms with Gasteiger partial charge < -0.3 is 15.1 Å². The molecule has 2 heterocycles. The lowest BCUT2D eigenvalue weighted by Gasteiger charge is -2.35. The van der Waals surface area contributed by atoms with Gasteiger partial charge in [-0.1, -0.05) is 24.3 Å². The maximum Gasteiger partial charge on any atom is 0.325 e. The summed E-state index contributed by atoms with van der Waals surface area (Å²) < 4.78 is 14.0. The average molecular weight is 440 g/mol. The van der Waals surface area contributed by atoms with Crippen molar-refractivity contribution in [2.24, 2.45) is 0 Å². The molecule has 0 saturated carbocycles. The first-order valence-corrected chi connectivity index (χ1v) is 10.8. The van der Waals surface area contributed by atoms with E-state index in [2.05, 4.69) is 15.6 Å². The van der Waals surface area contributed by atoms with Crippen LogP contribution in [0.4, 0.5) is 25.7 Å². The topological polar surface area (TPSA) is 77.6 Å². The van der Waals surface area contributed by atoms with E-state index in [1.54, 1.807) is 34.5 Å². The summed E-state index contributed by atoms with van der Waals surface area (Å²) in [7, 11) is 0. The standard InChI is InChI=1S/C22H22FN5O2S/c1-15-5-4-6-16(13-15)24-21(30)26-22-25-18(14-31-22)20(29)28-11-9-27(10-12-28)19-8-3-2-7-17(19)23/h2-8,13-14H,9-12H2,1H3,(H2,24,25,26,30).